The van der Waals surface area contributed by atoms with Crippen LogP contribution in [0.2, 0.25) is 5.02 Å². The van der Waals surface area contributed by atoms with Crippen LogP contribution in [0.4, 0.5) is 5.69 Å². The van der Waals surface area contributed by atoms with Crippen LogP contribution >= 0.6 is 39.3 Å². The topological polar surface area (TPSA) is 21.6 Å². The lowest BCUT2D eigenvalue weighted by Crippen LogP contribution is -2.07. The molecule has 0 fully saturated rings. The fraction of sp³-hybridized carbons (Fsp3) is 0. The SMILES string of the molecule is Clc1ccc(OC2=Nc3ccccc3/C(=C/Br)S2)cc1. The number of rotatable bonds is 1. The monoisotopic (exact) mass is 365 g/mol. The average molecular weight is 367 g/mol. The molecule has 1 aliphatic rings. The van der Waals surface area contributed by atoms with Crippen LogP contribution in [-0.2, 0) is 0 Å². The Bertz CT molecular complexity index is 697. The molecule has 1 heterocycles. The fourth-order valence-electron chi connectivity index (χ4n) is 1.78. The molecule has 0 saturated heterocycles. The second-order valence-electron chi connectivity index (χ2n) is 4.03. The number of aliphatic imine (C=N–C) groups is 1. The smallest absolute Gasteiger partial charge is 0.261 e. The lowest BCUT2D eigenvalue weighted by atomic mass is 10.2. The van der Waals surface area contributed by atoms with Gasteiger partial charge >= 0.3 is 0 Å². The average Bonchev–Trinajstić information content (AvgIpc) is 2.49. The molecular formula is C15H9BrClNOS. The number of para-hydroxylation sites is 1. The van der Waals surface area contributed by atoms with Gasteiger partial charge in [0.1, 0.15) is 5.75 Å². The minimum absolute atomic E-state index is 0.594. The Morgan fingerprint density at radius 3 is 2.60 bits per heavy atom. The highest BCUT2D eigenvalue weighted by Crippen LogP contribution is 2.41. The molecule has 20 heavy (non-hydrogen) atoms. The highest BCUT2D eigenvalue weighted by Gasteiger charge is 2.18. The first-order chi connectivity index (χ1) is 9.76. The van der Waals surface area contributed by atoms with E-state index in [1.807, 2.05) is 41.4 Å². The Kier molecular flexibility index (Phi) is 4.15. The number of hydrogen-bond acceptors (Lipinski definition) is 3. The molecule has 3 rings (SSSR count). The van der Waals surface area contributed by atoms with E-state index >= 15 is 0 Å². The summed E-state index contributed by atoms with van der Waals surface area (Å²) in [4.78, 5) is 7.48. The van der Waals surface area contributed by atoms with Gasteiger partial charge in [-0.3, -0.25) is 0 Å². The zero-order valence-corrected chi connectivity index (χ0v) is 13.4. The molecule has 0 radical (unpaired) electrons. The van der Waals surface area contributed by atoms with Crippen LogP contribution in [0.1, 0.15) is 5.56 Å². The van der Waals surface area contributed by atoms with Gasteiger partial charge < -0.3 is 4.74 Å². The number of hydrogen-bond donors (Lipinski definition) is 0. The zero-order valence-electron chi connectivity index (χ0n) is 10.2. The molecule has 2 nitrogen and oxygen atoms in total. The van der Waals surface area contributed by atoms with Crippen LogP contribution in [0, 0.1) is 0 Å². The summed E-state index contributed by atoms with van der Waals surface area (Å²) in [6.07, 6.45) is 0. The minimum Gasteiger partial charge on any atom is -0.433 e. The van der Waals surface area contributed by atoms with Crippen molar-refractivity contribution in [2.24, 2.45) is 4.99 Å². The van der Waals surface area contributed by atoms with E-state index < -0.39 is 0 Å². The van der Waals surface area contributed by atoms with Crippen LogP contribution in [0.25, 0.3) is 4.91 Å². The van der Waals surface area contributed by atoms with E-state index in [1.165, 1.54) is 11.8 Å². The van der Waals surface area contributed by atoms with Gasteiger partial charge in [0, 0.05) is 15.5 Å². The van der Waals surface area contributed by atoms with E-state index in [2.05, 4.69) is 20.9 Å². The molecule has 0 aromatic heterocycles. The van der Waals surface area contributed by atoms with Crippen LogP contribution in [-0.4, -0.2) is 5.23 Å². The van der Waals surface area contributed by atoms with Crippen molar-refractivity contribution in [3.8, 4) is 5.75 Å². The Morgan fingerprint density at radius 1 is 1.10 bits per heavy atom. The van der Waals surface area contributed by atoms with Crippen LogP contribution in [0.15, 0.2) is 58.5 Å². The second kappa shape index (κ2) is 6.04. The molecule has 2 aromatic carbocycles. The quantitative estimate of drug-likeness (QED) is 0.631. The maximum atomic E-state index is 5.86. The molecule has 0 spiro atoms. The third-order valence-corrected chi connectivity index (χ3v) is 4.62. The summed E-state index contributed by atoms with van der Waals surface area (Å²) in [7, 11) is 0. The number of fused-ring (bicyclic) bond motifs is 1. The van der Waals surface area contributed by atoms with Crippen molar-refractivity contribution in [1.82, 2.24) is 0 Å². The largest absolute Gasteiger partial charge is 0.433 e. The van der Waals surface area contributed by atoms with Crippen molar-refractivity contribution < 1.29 is 4.74 Å². The Hall–Kier alpha value is -1.23. The van der Waals surface area contributed by atoms with E-state index in [9.17, 15) is 0 Å². The van der Waals surface area contributed by atoms with E-state index in [0.29, 0.717) is 16.0 Å². The molecule has 5 heteroatoms. The number of thioether (sulfide) groups is 1. The molecule has 0 atom stereocenters. The molecule has 0 aliphatic carbocycles. The van der Waals surface area contributed by atoms with Gasteiger partial charge in [0.2, 0.25) is 0 Å². The van der Waals surface area contributed by atoms with Crippen LogP contribution in [0.3, 0.4) is 0 Å². The highest BCUT2D eigenvalue weighted by molar-refractivity contribution is 9.11. The van der Waals surface area contributed by atoms with E-state index in [1.54, 1.807) is 12.1 Å². The van der Waals surface area contributed by atoms with Crippen molar-refractivity contribution in [3.63, 3.8) is 0 Å². The van der Waals surface area contributed by atoms with Crippen molar-refractivity contribution >= 4 is 55.1 Å². The summed E-state index contributed by atoms with van der Waals surface area (Å²) in [6, 6.07) is 15.2. The maximum Gasteiger partial charge on any atom is 0.261 e. The maximum absolute atomic E-state index is 5.86. The first-order valence-electron chi connectivity index (χ1n) is 5.86. The lowest BCUT2D eigenvalue weighted by Gasteiger charge is -2.17. The summed E-state index contributed by atoms with van der Waals surface area (Å²) in [6.45, 7) is 0. The van der Waals surface area contributed by atoms with Crippen LogP contribution < -0.4 is 4.74 Å². The molecule has 0 amide bonds. The van der Waals surface area contributed by atoms with Gasteiger partial charge in [0.15, 0.2) is 0 Å². The van der Waals surface area contributed by atoms with Crippen molar-refractivity contribution in [2.75, 3.05) is 0 Å². The summed E-state index contributed by atoms with van der Waals surface area (Å²) in [5.74, 6) is 0.717. The normalized spacial score (nSPS) is 15.7. The number of ether oxygens (including phenoxy) is 1. The Morgan fingerprint density at radius 2 is 1.85 bits per heavy atom. The van der Waals surface area contributed by atoms with E-state index in [0.717, 1.165) is 16.2 Å². The van der Waals surface area contributed by atoms with E-state index in [4.69, 9.17) is 16.3 Å². The zero-order chi connectivity index (χ0) is 13.9. The van der Waals surface area contributed by atoms with Gasteiger partial charge in [0.25, 0.3) is 5.23 Å². The number of benzene rings is 2. The molecule has 100 valence electrons. The standard InChI is InChI=1S/C15H9BrClNOS/c16-9-14-12-3-1-2-4-13(12)18-15(20-14)19-11-7-5-10(17)6-8-11/h1-9H/b14-9-. The predicted molar refractivity (Wildman–Crippen MR) is 90.1 cm³/mol. The molecule has 0 unspecified atom stereocenters. The summed E-state index contributed by atoms with van der Waals surface area (Å²) < 4.78 is 5.79. The summed E-state index contributed by atoms with van der Waals surface area (Å²) in [5, 5.41) is 1.28. The Labute approximate surface area is 134 Å². The highest BCUT2D eigenvalue weighted by atomic mass is 79.9. The molecule has 0 bridgehead atoms. The van der Waals surface area contributed by atoms with Gasteiger partial charge in [-0.15, -0.1) is 0 Å². The van der Waals surface area contributed by atoms with Crippen LogP contribution in [0.5, 0.6) is 5.75 Å². The number of halogens is 2. The first-order valence-corrected chi connectivity index (χ1v) is 7.97. The minimum atomic E-state index is 0.594. The first kappa shape index (κ1) is 13.7. The van der Waals surface area contributed by atoms with Gasteiger partial charge in [-0.2, -0.15) is 0 Å². The summed E-state index contributed by atoms with van der Waals surface area (Å²) in [5.41, 5.74) is 2.00. The lowest BCUT2D eigenvalue weighted by molar-refractivity contribution is 0.567. The van der Waals surface area contributed by atoms with Gasteiger partial charge in [-0.1, -0.05) is 45.7 Å². The third kappa shape index (κ3) is 2.92. The molecule has 0 N–H and O–H groups in total. The Balaban J connectivity index is 1.92. The van der Waals surface area contributed by atoms with Gasteiger partial charge in [0.05, 0.1) is 5.69 Å². The summed E-state index contributed by atoms with van der Waals surface area (Å²) >= 11 is 10.7. The molecule has 0 saturated carbocycles. The fourth-order valence-corrected chi connectivity index (χ4v) is 3.23. The number of nitrogens with zero attached hydrogens (tertiary/aromatic N) is 1. The van der Waals surface area contributed by atoms with Gasteiger partial charge in [-0.25, -0.2) is 4.99 Å². The van der Waals surface area contributed by atoms with E-state index in [-0.39, 0.29) is 0 Å². The molecular weight excluding hydrogens is 358 g/mol. The van der Waals surface area contributed by atoms with Gasteiger partial charge in [-0.05, 0) is 47.1 Å². The third-order valence-electron chi connectivity index (χ3n) is 2.70. The molecule has 2 aromatic rings. The van der Waals surface area contributed by atoms with Crippen molar-refractivity contribution in [1.29, 1.82) is 0 Å². The predicted octanol–water partition coefficient (Wildman–Crippen LogP) is 5.85. The second-order valence-corrected chi connectivity index (χ2v) is 5.91. The van der Waals surface area contributed by atoms with Crippen molar-refractivity contribution in [3.05, 3.63) is 64.1 Å². The van der Waals surface area contributed by atoms with Crippen molar-refractivity contribution in [2.45, 2.75) is 0 Å². The molecule has 1 aliphatic heterocycles.